The van der Waals surface area contributed by atoms with Gasteiger partial charge in [-0.25, -0.2) is 0 Å². The second-order valence-electron chi connectivity index (χ2n) is 4.42. The molecular weight excluding hydrogens is 242 g/mol. The minimum Gasteiger partial charge on any atom is -0.352 e. The Morgan fingerprint density at radius 2 is 1.71 bits per heavy atom. The molecule has 6 heteroatoms. The molecule has 5 nitrogen and oxygen atoms in total. The number of hydrogen-bond donors (Lipinski definition) is 3. The van der Waals surface area contributed by atoms with Crippen molar-refractivity contribution in [1.29, 1.82) is 0 Å². The van der Waals surface area contributed by atoms with Gasteiger partial charge in [-0.1, -0.05) is 13.8 Å². The van der Waals surface area contributed by atoms with Crippen LogP contribution in [0.5, 0.6) is 0 Å². The summed E-state index contributed by atoms with van der Waals surface area (Å²) in [6, 6.07) is 0.143. The van der Waals surface area contributed by atoms with Crippen molar-refractivity contribution in [2.45, 2.75) is 39.7 Å². The minimum atomic E-state index is -0.315. The van der Waals surface area contributed by atoms with Crippen molar-refractivity contribution in [3.05, 3.63) is 0 Å². The topological polar surface area (TPSA) is 84.2 Å². The lowest BCUT2D eigenvalue weighted by molar-refractivity contribution is -0.125. The summed E-state index contributed by atoms with van der Waals surface area (Å²) in [6.07, 6.45) is 2.03. The maximum absolute atomic E-state index is 11.4. The molecule has 0 saturated carbocycles. The number of hydrogen-bond acceptors (Lipinski definition) is 3. The molecule has 0 aliphatic heterocycles. The molecule has 0 aliphatic carbocycles. The molecule has 0 radical (unpaired) electrons. The predicted octanol–water partition coefficient (Wildman–Crippen LogP) is 0.424. The largest absolute Gasteiger partial charge is 0.352 e. The Labute approximate surface area is 109 Å². The van der Waals surface area contributed by atoms with Crippen LogP contribution in [0.15, 0.2) is 0 Å². The predicted molar refractivity (Wildman–Crippen MR) is 71.0 cm³/mol. The lowest BCUT2D eigenvalue weighted by Crippen LogP contribution is -2.42. The van der Waals surface area contributed by atoms with Crippen LogP contribution in [0.25, 0.3) is 0 Å². The number of nitrogens with two attached hydrogens (primary N) is 1. The van der Waals surface area contributed by atoms with Crippen LogP contribution in [0.2, 0.25) is 0 Å². The summed E-state index contributed by atoms with van der Waals surface area (Å²) in [7, 11) is 0. The molecule has 17 heavy (non-hydrogen) atoms. The van der Waals surface area contributed by atoms with Crippen molar-refractivity contribution in [3.63, 3.8) is 0 Å². The SMILES string of the molecule is CC(C)CCC(C)NC(=O)CNC(=O)CN.Cl. The normalized spacial score (nSPS) is 11.6. The summed E-state index contributed by atoms with van der Waals surface area (Å²) in [5.74, 6) is 0.152. The molecule has 0 heterocycles. The first-order valence-corrected chi connectivity index (χ1v) is 5.71. The van der Waals surface area contributed by atoms with E-state index in [1.54, 1.807) is 0 Å². The molecule has 0 spiro atoms. The van der Waals surface area contributed by atoms with Crippen molar-refractivity contribution >= 4 is 24.2 Å². The van der Waals surface area contributed by atoms with Gasteiger partial charge >= 0.3 is 0 Å². The summed E-state index contributed by atoms with van der Waals surface area (Å²) in [5.41, 5.74) is 5.10. The molecule has 0 rings (SSSR count). The fraction of sp³-hybridized carbons (Fsp3) is 0.818. The van der Waals surface area contributed by atoms with Crippen LogP contribution in [0, 0.1) is 5.92 Å². The maximum Gasteiger partial charge on any atom is 0.239 e. The molecule has 0 aromatic rings. The number of rotatable bonds is 7. The van der Waals surface area contributed by atoms with Crippen LogP contribution in [0.1, 0.15) is 33.6 Å². The van der Waals surface area contributed by atoms with Crippen LogP contribution < -0.4 is 16.4 Å². The second kappa shape index (κ2) is 10.4. The van der Waals surface area contributed by atoms with Crippen molar-refractivity contribution in [2.24, 2.45) is 11.7 Å². The highest BCUT2D eigenvalue weighted by atomic mass is 35.5. The zero-order valence-corrected chi connectivity index (χ0v) is 11.6. The third-order valence-electron chi connectivity index (χ3n) is 2.22. The van der Waals surface area contributed by atoms with Gasteiger partial charge in [0, 0.05) is 6.04 Å². The van der Waals surface area contributed by atoms with E-state index in [1.807, 2.05) is 6.92 Å². The van der Waals surface area contributed by atoms with Gasteiger partial charge in [-0.2, -0.15) is 0 Å². The van der Waals surface area contributed by atoms with Crippen LogP contribution >= 0.6 is 12.4 Å². The van der Waals surface area contributed by atoms with E-state index in [1.165, 1.54) is 0 Å². The number of amides is 2. The quantitative estimate of drug-likeness (QED) is 0.624. The first-order valence-electron chi connectivity index (χ1n) is 5.71. The van der Waals surface area contributed by atoms with Gasteiger partial charge in [0.2, 0.25) is 11.8 Å². The van der Waals surface area contributed by atoms with E-state index in [4.69, 9.17) is 5.73 Å². The zero-order chi connectivity index (χ0) is 12.6. The van der Waals surface area contributed by atoms with Gasteiger partial charge in [-0.05, 0) is 25.7 Å². The van der Waals surface area contributed by atoms with Crippen molar-refractivity contribution in [2.75, 3.05) is 13.1 Å². The average molecular weight is 266 g/mol. The molecule has 1 unspecified atom stereocenters. The standard InChI is InChI=1S/C11H23N3O2.ClH/c1-8(2)4-5-9(3)14-11(16)7-13-10(15)6-12;/h8-9H,4-7,12H2,1-3H3,(H,13,15)(H,14,16);1H. The molecule has 0 aromatic carbocycles. The molecule has 0 fully saturated rings. The van der Waals surface area contributed by atoms with E-state index >= 15 is 0 Å². The number of nitrogens with one attached hydrogen (secondary N) is 2. The molecule has 0 aliphatic rings. The van der Waals surface area contributed by atoms with Crippen molar-refractivity contribution < 1.29 is 9.59 Å². The summed E-state index contributed by atoms with van der Waals surface area (Å²) < 4.78 is 0. The van der Waals surface area contributed by atoms with E-state index in [-0.39, 0.29) is 43.4 Å². The maximum atomic E-state index is 11.4. The summed E-state index contributed by atoms with van der Waals surface area (Å²) in [6.45, 7) is 6.18. The van der Waals surface area contributed by atoms with Crippen molar-refractivity contribution in [1.82, 2.24) is 10.6 Å². The van der Waals surface area contributed by atoms with Crippen molar-refractivity contribution in [3.8, 4) is 0 Å². The summed E-state index contributed by atoms with van der Waals surface area (Å²) >= 11 is 0. The Bertz CT molecular complexity index is 235. The zero-order valence-electron chi connectivity index (χ0n) is 10.8. The van der Waals surface area contributed by atoms with Gasteiger partial charge in [-0.15, -0.1) is 12.4 Å². The number of carbonyl (C=O) groups excluding carboxylic acids is 2. The molecule has 0 bridgehead atoms. The highest BCUT2D eigenvalue weighted by Crippen LogP contribution is 2.05. The van der Waals surface area contributed by atoms with Gasteiger partial charge in [0.15, 0.2) is 0 Å². The van der Waals surface area contributed by atoms with Gasteiger partial charge < -0.3 is 16.4 Å². The van der Waals surface area contributed by atoms with E-state index in [2.05, 4.69) is 24.5 Å². The lowest BCUT2D eigenvalue weighted by atomic mass is 10.0. The van der Waals surface area contributed by atoms with Gasteiger partial charge in [-0.3, -0.25) is 9.59 Å². The Morgan fingerprint density at radius 1 is 1.12 bits per heavy atom. The first-order chi connectivity index (χ1) is 7.45. The second-order valence-corrected chi connectivity index (χ2v) is 4.42. The first kappa shape index (κ1) is 18.6. The average Bonchev–Trinajstić information content (AvgIpc) is 2.23. The Hall–Kier alpha value is -0.810. The summed E-state index contributed by atoms with van der Waals surface area (Å²) in [4.78, 5) is 22.2. The van der Waals surface area contributed by atoms with Gasteiger partial charge in [0.25, 0.3) is 0 Å². The highest BCUT2D eigenvalue weighted by molar-refractivity contribution is 5.85. The smallest absolute Gasteiger partial charge is 0.239 e. The number of halogens is 1. The van der Waals surface area contributed by atoms with E-state index in [9.17, 15) is 9.59 Å². The fourth-order valence-corrected chi connectivity index (χ4v) is 1.23. The highest BCUT2D eigenvalue weighted by Gasteiger charge is 2.08. The molecular formula is C11H24ClN3O2. The third kappa shape index (κ3) is 11.5. The minimum absolute atomic E-state index is 0. The molecule has 0 aromatic heterocycles. The Kier molecular flexibility index (Phi) is 11.3. The fourth-order valence-electron chi connectivity index (χ4n) is 1.23. The number of carbonyl (C=O) groups is 2. The Morgan fingerprint density at radius 3 is 2.18 bits per heavy atom. The van der Waals surface area contributed by atoms with Crippen LogP contribution in [-0.2, 0) is 9.59 Å². The van der Waals surface area contributed by atoms with Gasteiger partial charge in [0.05, 0.1) is 13.1 Å². The summed E-state index contributed by atoms with van der Waals surface area (Å²) in [5, 5.41) is 5.25. The molecule has 4 N–H and O–H groups in total. The lowest BCUT2D eigenvalue weighted by Gasteiger charge is -2.15. The van der Waals surface area contributed by atoms with E-state index in [0.29, 0.717) is 5.92 Å². The monoisotopic (exact) mass is 265 g/mol. The molecule has 102 valence electrons. The third-order valence-corrected chi connectivity index (χ3v) is 2.22. The molecule has 2 amide bonds. The van der Waals surface area contributed by atoms with Crippen LogP contribution in [-0.4, -0.2) is 30.9 Å². The molecule has 1 atom stereocenters. The van der Waals surface area contributed by atoms with Crippen LogP contribution in [0.3, 0.4) is 0 Å². The van der Waals surface area contributed by atoms with Crippen LogP contribution in [0.4, 0.5) is 0 Å². The van der Waals surface area contributed by atoms with Gasteiger partial charge in [0.1, 0.15) is 0 Å². The molecule has 0 saturated heterocycles. The van der Waals surface area contributed by atoms with E-state index < -0.39 is 0 Å². The van der Waals surface area contributed by atoms with E-state index in [0.717, 1.165) is 12.8 Å². The Balaban J connectivity index is 0.